The Morgan fingerprint density at radius 1 is 1.10 bits per heavy atom. The summed E-state index contributed by atoms with van der Waals surface area (Å²) in [6.45, 7) is 2.57. The molecule has 0 N–H and O–H groups in total. The molecule has 0 fully saturated rings. The number of halogens is 1. The first kappa shape index (κ1) is 20.0. The van der Waals surface area contributed by atoms with Crippen molar-refractivity contribution in [1.29, 1.82) is 0 Å². The Morgan fingerprint density at radius 3 is 2.60 bits per heavy atom. The van der Waals surface area contributed by atoms with Gasteiger partial charge in [-0.15, -0.1) is 0 Å². The molecular formula is C25H24FNO3. The highest BCUT2D eigenvalue weighted by molar-refractivity contribution is 5.75. The monoisotopic (exact) mass is 405 g/mol. The number of nitrogens with zero attached hydrogens (tertiary/aromatic N) is 1. The van der Waals surface area contributed by atoms with Gasteiger partial charge >= 0.3 is 6.09 Å². The Bertz CT molecular complexity index is 1050. The summed E-state index contributed by atoms with van der Waals surface area (Å²) < 4.78 is 25.8. The summed E-state index contributed by atoms with van der Waals surface area (Å²) in [4.78, 5) is 13.9. The number of carbonyl (C=O) groups excluding carboxylic acids is 1. The Balaban J connectivity index is 1.42. The SMILES string of the molecule is Cc1ccccc1-c1cc(F)cc2c1OC(COC(=O)N(C)Cc1ccccc1)C2. The number of aryl methyl sites for hydroxylation is 1. The van der Waals surface area contributed by atoms with Gasteiger partial charge in [-0.25, -0.2) is 9.18 Å². The second kappa shape index (κ2) is 8.57. The van der Waals surface area contributed by atoms with Crippen molar-refractivity contribution in [3.63, 3.8) is 0 Å². The summed E-state index contributed by atoms with van der Waals surface area (Å²) in [5.41, 5.74) is 4.55. The second-order valence-electron chi connectivity index (χ2n) is 7.62. The quantitative estimate of drug-likeness (QED) is 0.573. The first-order chi connectivity index (χ1) is 14.5. The Hall–Kier alpha value is -3.34. The van der Waals surface area contributed by atoms with Gasteiger partial charge < -0.3 is 14.4 Å². The van der Waals surface area contributed by atoms with E-state index in [0.717, 1.165) is 27.8 Å². The maximum absolute atomic E-state index is 14.2. The lowest BCUT2D eigenvalue weighted by Crippen LogP contribution is -2.31. The predicted octanol–water partition coefficient (Wildman–Crippen LogP) is 5.37. The molecule has 1 heterocycles. The number of hydrogen-bond donors (Lipinski definition) is 0. The molecule has 1 aliphatic rings. The van der Waals surface area contributed by atoms with Crippen LogP contribution in [-0.2, 0) is 17.7 Å². The molecule has 3 aromatic rings. The summed E-state index contributed by atoms with van der Waals surface area (Å²) in [6, 6.07) is 20.6. The fourth-order valence-electron chi connectivity index (χ4n) is 3.76. The molecule has 0 aliphatic carbocycles. The summed E-state index contributed by atoms with van der Waals surface area (Å²) in [5, 5.41) is 0. The summed E-state index contributed by atoms with van der Waals surface area (Å²) in [5.74, 6) is 0.375. The fraction of sp³-hybridized carbons (Fsp3) is 0.240. The molecule has 0 aromatic heterocycles. The lowest BCUT2D eigenvalue weighted by molar-refractivity contribution is 0.0694. The number of rotatable bonds is 5. The zero-order chi connectivity index (χ0) is 21.1. The van der Waals surface area contributed by atoms with Gasteiger partial charge in [-0.3, -0.25) is 0 Å². The molecule has 0 radical (unpaired) electrons. The molecule has 5 heteroatoms. The Morgan fingerprint density at radius 2 is 1.83 bits per heavy atom. The topological polar surface area (TPSA) is 38.8 Å². The van der Waals surface area contributed by atoms with E-state index in [9.17, 15) is 9.18 Å². The highest BCUT2D eigenvalue weighted by Crippen LogP contribution is 2.40. The second-order valence-corrected chi connectivity index (χ2v) is 7.62. The molecule has 0 saturated carbocycles. The van der Waals surface area contributed by atoms with Crippen LogP contribution in [-0.4, -0.2) is 30.8 Å². The number of ether oxygens (including phenoxy) is 2. The van der Waals surface area contributed by atoms with Crippen LogP contribution in [0.4, 0.5) is 9.18 Å². The van der Waals surface area contributed by atoms with Crippen LogP contribution in [0.1, 0.15) is 16.7 Å². The lowest BCUT2D eigenvalue weighted by atomic mass is 9.97. The molecule has 154 valence electrons. The van der Waals surface area contributed by atoms with Crippen LogP contribution in [0.25, 0.3) is 11.1 Å². The van der Waals surface area contributed by atoms with Crippen molar-refractivity contribution in [3.8, 4) is 16.9 Å². The number of hydrogen-bond acceptors (Lipinski definition) is 3. The molecular weight excluding hydrogens is 381 g/mol. The average Bonchev–Trinajstić information content (AvgIpc) is 3.15. The number of amides is 1. The fourth-order valence-corrected chi connectivity index (χ4v) is 3.76. The maximum Gasteiger partial charge on any atom is 0.409 e. The van der Waals surface area contributed by atoms with Gasteiger partial charge in [0.15, 0.2) is 0 Å². The van der Waals surface area contributed by atoms with Crippen molar-refractivity contribution in [2.75, 3.05) is 13.7 Å². The zero-order valence-electron chi connectivity index (χ0n) is 17.1. The maximum atomic E-state index is 14.2. The smallest absolute Gasteiger partial charge is 0.409 e. The van der Waals surface area contributed by atoms with E-state index in [4.69, 9.17) is 9.47 Å². The summed E-state index contributed by atoms with van der Waals surface area (Å²) >= 11 is 0. The van der Waals surface area contributed by atoms with E-state index in [2.05, 4.69) is 0 Å². The minimum absolute atomic E-state index is 0.113. The van der Waals surface area contributed by atoms with Crippen LogP contribution in [0.3, 0.4) is 0 Å². The minimum Gasteiger partial charge on any atom is -0.486 e. The van der Waals surface area contributed by atoms with E-state index in [1.54, 1.807) is 7.05 Å². The zero-order valence-corrected chi connectivity index (χ0v) is 17.1. The van der Waals surface area contributed by atoms with Gasteiger partial charge in [0.05, 0.1) is 0 Å². The van der Waals surface area contributed by atoms with Crippen LogP contribution >= 0.6 is 0 Å². The largest absolute Gasteiger partial charge is 0.486 e. The van der Waals surface area contributed by atoms with Gasteiger partial charge in [-0.05, 0) is 35.7 Å². The third-order valence-electron chi connectivity index (χ3n) is 5.26. The third kappa shape index (κ3) is 4.30. The molecule has 4 rings (SSSR count). The summed E-state index contributed by atoms with van der Waals surface area (Å²) in [6.07, 6.45) is -0.246. The van der Waals surface area contributed by atoms with Crippen molar-refractivity contribution in [1.82, 2.24) is 4.90 Å². The van der Waals surface area contributed by atoms with E-state index in [1.807, 2.05) is 61.5 Å². The highest BCUT2D eigenvalue weighted by atomic mass is 19.1. The number of benzene rings is 3. The lowest BCUT2D eigenvalue weighted by Gasteiger charge is -2.19. The molecule has 1 atom stereocenters. The molecule has 1 unspecified atom stereocenters. The third-order valence-corrected chi connectivity index (χ3v) is 5.26. The Kier molecular flexibility index (Phi) is 5.70. The van der Waals surface area contributed by atoms with Crippen LogP contribution in [0, 0.1) is 12.7 Å². The van der Waals surface area contributed by atoms with Crippen LogP contribution in [0.5, 0.6) is 5.75 Å². The molecule has 30 heavy (non-hydrogen) atoms. The van der Waals surface area contributed by atoms with Gasteiger partial charge in [-0.2, -0.15) is 0 Å². The van der Waals surface area contributed by atoms with E-state index in [-0.39, 0.29) is 18.5 Å². The van der Waals surface area contributed by atoms with Crippen LogP contribution < -0.4 is 4.74 Å². The van der Waals surface area contributed by atoms with E-state index < -0.39 is 6.09 Å². The number of fused-ring (bicyclic) bond motifs is 1. The van der Waals surface area contributed by atoms with E-state index in [1.165, 1.54) is 17.0 Å². The summed E-state index contributed by atoms with van der Waals surface area (Å²) in [7, 11) is 1.70. The molecule has 0 saturated heterocycles. The standard InChI is InChI=1S/C25H24FNO3/c1-17-8-6-7-11-22(17)23-14-20(26)12-19-13-21(30-24(19)23)16-29-25(28)27(2)15-18-9-4-3-5-10-18/h3-12,14,21H,13,15-16H2,1-2H3. The molecule has 0 spiro atoms. The van der Waals surface area contributed by atoms with Gasteiger partial charge in [0.1, 0.15) is 24.3 Å². The molecule has 4 nitrogen and oxygen atoms in total. The first-order valence-electron chi connectivity index (χ1n) is 9.98. The van der Waals surface area contributed by atoms with Gasteiger partial charge in [-0.1, -0.05) is 54.6 Å². The van der Waals surface area contributed by atoms with Crippen LogP contribution in [0.15, 0.2) is 66.7 Å². The Labute approximate surface area is 175 Å². The van der Waals surface area contributed by atoms with Crippen molar-refractivity contribution in [2.24, 2.45) is 0 Å². The van der Waals surface area contributed by atoms with Crippen molar-refractivity contribution >= 4 is 6.09 Å². The first-order valence-corrected chi connectivity index (χ1v) is 9.98. The van der Waals surface area contributed by atoms with Gasteiger partial charge in [0, 0.05) is 31.1 Å². The predicted molar refractivity (Wildman–Crippen MR) is 114 cm³/mol. The van der Waals surface area contributed by atoms with Gasteiger partial charge in [0.2, 0.25) is 0 Å². The van der Waals surface area contributed by atoms with E-state index >= 15 is 0 Å². The molecule has 1 amide bonds. The molecule has 0 bridgehead atoms. The minimum atomic E-state index is -0.413. The highest BCUT2D eigenvalue weighted by Gasteiger charge is 2.28. The van der Waals surface area contributed by atoms with Crippen molar-refractivity contribution < 1.29 is 18.7 Å². The van der Waals surface area contributed by atoms with E-state index in [0.29, 0.717) is 18.7 Å². The van der Waals surface area contributed by atoms with Crippen molar-refractivity contribution in [3.05, 3.63) is 89.2 Å². The average molecular weight is 405 g/mol. The molecule has 1 aliphatic heterocycles. The number of carbonyl (C=O) groups is 1. The van der Waals surface area contributed by atoms with Crippen molar-refractivity contribution in [2.45, 2.75) is 26.0 Å². The normalized spacial score (nSPS) is 14.7. The van der Waals surface area contributed by atoms with Gasteiger partial charge in [0.25, 0.3) is 0 Å². The molecule has 3 aromatic carbocycles. The van der Waals surface area contributed by atoms with Crippen LogP contribution in [0.2, 0.25) is 0 Å².